The molecule has 2 heterocycles. The highest BCUT2D eigenvalue weighted by Gasteiger charge is 2.04. The van der Waals surface area contributed by atoms with Crippen molar-refractivity contribution >= 4 is 0 Å². The second-order valence-electron chi connectivity index (χ2n) is 3.30. The van der Waals surface area contributed by atoms with E-state index < -0.39 is 0 Å². The molecule has 6 heteroatoms. The van der Waals surface area contributed by atoms with Crippen LogP contribution in [0.3, 0.4) is 0 Å². The maximum atomic E-state index is 3.96. The summed E-state index contributed by atoms with van der Waals surface area (Å²) in [4.78, 5) is 0. The Kier molecular flexibility index (Phi) is 1.96. The van der Waals surface area contributed by atoms with Gasteiger partial charge in [0.05, 0.1) is 0 Å². The van der Waals surface area contributed by atoms with Crippen molar-refractivity contribution in [2.45, 2.75) is 0 Å². The molecule has 78 valence electrons. The minimum absolute atomic E-state index is 0.811. The molecule has 2 aromatic heterocycles. The number of hydrogen-bond acceptors (Lipinski definition) is 4. The molecule has 0 unspecified atom stereocenters. The fourth-order valence-electron chi connectivity index (χ4n) is 1.52. The second-order valence-corrected chi connectivity index (χ2v) is 3.30. The number of benzene rings is 1. The molecule has 0 fully saturated rings. The number of H-pyrrole nitrogens is 2. The molecule has 0 atom stereocenters. The minimum Gasteiger partial charge on any atom is -0.265 e. The van der Waals surface area contributed by atoms with Gasteiger partial charge in [-0.05, 0) is 6.07 Å². The van der Waals surface area contributed by atoms with E-state index in [0.29, 0.717) is 0 Å². The van der Waals surface area contributed by atoms with Crippen molar-refractivity contribution < 1.29 is 0 Å². The van der Waals surface area contributed by atoms with Crippen LogP contribution in [-0.4, -0.2) is 30.8 Å². The monoisotopic (exact) mass is 212 g/mol. The number of aromatic nitrogens is 6. The van der Waals surface area contributed by atoms with Crippen molar-refractivity contribution in [3.63, 3.8) is 0 Å². The Labute approximate surface area is 90.7 Å². The van der Waals surface area contributed by atoms with Crippen LogP contribution in [0.4, 0.5) is 0 Å². The summed E-state index contributed by atoms with van der Waals surface area (Å²) in [5.41, 5.74) is 3.61. The van der Waals surface area contributed by atoms with Crippen LogP contribution in [0.15, 0.2) is 36.7 Å². The summed E-state index contributed by atoms with van der Waals surface area (Å²) in [6.45, 7) is 0. The van der Waals surface area contributed by atoms with E-state index >= 15 is 0 Å². The molecular weight excluding hydrogens is 204 g/mol. The van der Waals surface area contributed by atoms with Gasteiger partial charge in [-0.2, -0.15) is 0 Å². The van der Waals surface area contributed by atoms with E-state index in [1.807, 2.05) is 24.3 Å². The molecule has 0 spiro atoms. The van der Waals surface area contributed by atoms with Gasteiger partial charge in [0.25, 0.3) is 0 Å². The first-order valence-electron chi connectivity index (χ1n) is 4.77. The van der Waals surface area contributed by atoms with E-state index in [1.54, 1.807) is 12.4 Å². The van der Waals surface area contributed by atoms with Crippen LogP contribution in [0, 0.1) is 0 Å². The Morgan fingerprint density at radius 2 is 1.38 bits per heavy atom. The zero-order valence-corrected chi connectivity index (χ0v) is 8.25. The number of nitrogens with one attached hydrogen (secondary N) is 2. The van der Waals surface area contributed by atoms with E-state index in [1.165, 1.54) is 0 Å². The number of rotatable bonds is 2. The lowest BCUT2D eigenvalue weighted by Gasteiger charge is -1.98. The molecule has 0 radical (unpaired) electrons. The summed E-state index contributed by atoms with van der Waals surface area (Å²) in [6.07, 6.45) is 3.50. The van der Waals surface area contributed by atoms with Gasteiger partial charge < -0.3 is 0 Å². The summed E-state index contributed by atoms with van der Waals surface area (Å²) in [5.74, 6) is 0. The summed E-state index contributed by atoms with van der Waals surface area (Å²) >= 11 is 0. The Morgan fingerprint density at radius 1 is 0.812 bits per heavy atom. The van der Waals surface area contributed by atoms with Gasteiger partial charge >= 0.3 is 0 Å². The molecule has 6 nitrogen and oxygen atoms in total. The van der Waals surface area contributed by atoms with E-state index in [4.69, 9.17) is 0 Å². The van der Waals surface area contributed by atoms with Gasteiger partial charge in [0.1, 0.15) is 11.4 Å². The van der Waals surface area contributed by atoms with Crippen molar-refractivity contribution in [3.8, 4) is 22.5 Å². The van der Waals surface area contributed by atoms with Crippen LogP contribution in [0.5, 0.6) is 0 Å². The summed E-state index contributed by atoms with van der Waals surface area (Å²) in [7, 11) is 0. The first-order chi connectivity index (χ1) is 7.93. The van der Waals surface area contributed by atoms with Gasteiger partial charge in [0.2, 0.25) is 0 Å². The summed E-state index contributed by atoms with van der Waals surface area (Å²) in [6, 6.07) is 7.90. The van der Waals surface area contributed by atoms with Crippen molar-refractivity contribution in [3.05, 3.63) is 36.7 Å². The van der Waals surface area contributed by atoms with E-state index in [-0.39, 0.29) is 0 Å². The predicted octanol–water partition coefficient (Wildman–Crippen LogP) is 1.26. The Morgan fingerprint density at radius 3 is 1.81 bits per heavy atom. The molecule has 0 aliphatic rings. The lowest BCUT2D eigenvalue weighted by atomic mass is 10.1. The standard InChI is InChI=1S/C10H8N6/c1-2-7(9-5-11-15-13-9)4-8(3-1)10-6-12-16-14-10/h1-6H,(H,11,13,15)(H,12,14,16). The second kappa shape index (κ2) is 3.58. The largest absolute Gasteiger partial charge is 0.265 e. The molecule has 1 aromatic carbocycles. The van der Waals surface area contributed by atoms with Gasteiger partial charge in [-0.1, -0.05) is 28.6 Å². The zero-order valence-electron chi connectivity index (χ0n) is 8.25. The first-order valence-corrected chi connectivity index (χ1v) is 4.77. The Balaban J connectivity index is 2.07. The lowest BCUT2D eigenvalue weighted by Crippen LogP contribution is -1.82. The normalized spacial score (nSPS) is 10.5. The SMILES string of the molecule is c1cc(-c2c[nH]nn2)cc(-c2c[nH]nn2)c1. The molecule has 0 bridgehead atoms. The average molecular weight is 212 g/mol. The zero-order chi connectivity index (χ0) is 10.8. The molecule has 3 aromatic rings. The maximum absolute atomic E-state index is 3.96. The van der Waals surface area contributed by atoms with Crippen LogP contribution in [-0.2, 0) is 0 Å². The van der Waals surface area contributed by atoms with Gasteiger partial charge in [-0.15, -0.1) is 10.2 Å². The highest BCUT2D eigenvalue weighted by Crippen LogP contribution is 2.22. The van der Waals surface area contributed by atoms with Gasteiger partial charge in [0, 0.05) is 23.5 Å². The van der Waals surface area contributed by atoms with Gasteiger partial charge in [-0.3, -0.25) is 10.2 Å². The van der Waals surface area contributed by atoms with Crippen LogP contribution in [0.1, 0.15) is 0 Å². The molecule has 3 rings (SSSR count). The van der Waals surface area contributed by atoms with E-state index in [0.717, 1.165) is 22.5 Å². The fraction of sp³-hybridized carbons (Fsp3) is 0. The van der Waals surface area contributed by atoms with E-state index in [2.05, 4.69) is 30.8 Å². The van der Waals surface area contributed by atoms with Crippen LogP contribution in [0.2, 0.25) is 0 Å². The number of nitrogens with zero attached hydrogens (tertiary/aromatic N) is 4. The van der Waals surface area contributed by atoms with Crippen LogP contribution >= 0.6 is 0 Å². The third-order valence-electron chi connectivity index (χ3n) is 2.29. The average Bonchev–Trinajstić information content (AvgIpc) is 3.03. The summed E-state index contributed by atoms with van der Waals surface area (Å²) in [5, 5.41) is 20.7. The highest BCUT2D eigenvalue weighted by atomic mass is 15.3. The molecule has 0 saturated carbocycles. The predicted molar refractivity (Wildman–Crippen MR) is 57.2 cm³/mol. The maximum Gasteiger partial charge on any atom is 0.112 e. The molecular formula is C10H8N6. The highest BCUT2D eigenvalue weighted by molar-refractivity contribution is 5.68. The fourth-order valence-corrected chi connectivity index (χ4v) is 1.52. The van der Waals surface area contributed by atoms with Gasteiger partial charge in [0.15, 0.2) is 0 Å². The lowest BCUT2D eigenvalue weighted by molar-refractivity contribution is 0.941. The topological polar surface area (TPSA) is 83.1 Å². The van der Waals surface area contributed by atoms with Gasteiger partial charge in [-0.25, -0.2) is 0 Å². The molecule has 0 amide bonds. The molecule has 0 aliphatic heterocycles. The smallest absolute Gasteiger partial charge is 0.112 e. The number of aromatic amines is 2. The number of hydrogen-bond donors (Lipinski definition) is 2. The Hall–Kier alpha value is -2.50. The molecule has 0 saturated heterocycles. The first kappa shape index (κ1) is 8.78. The van der Waals surface area contributed by atoms with Crippen LogP contribution < -0.4 is 0 Å². The molecule has 2 N–H and O–H groups in total. The third-order valence-corrected chi connectivity index (χ3v) is 2.29. The summed E-state index contributed by atoms with van der Waals surface area (Å²) < 4.78 is 0. The quantitative estimate of drug-likeness (QED) is 0.669. The minimum atomic E-state index is 0.811. The van der Waals surface area contributed by atoms with Crippen molar-refractivity contribution in [1.29, 1.82) is 0 Å². The third kappa shape index (κ3) is 1.46. The Bertz CT molecular complexity index is 520. The van der Waals surface area contributed by atoms with E-state index in [9.17, 15) is 0 Å². The van der Waals surface area contributed by atoms with Crippen molar-refractivity contribution in [2.24, 2.45) is 0 Å². The molecule has 16 heavy (non-hydrogen) atoms. The van der Waals surface area contributed by atoms with Crippen LogP contribution in [0.25, 0.3) is 22.5 Å². The van der Waals surface area contributed by atoms with Crippen molar-refractivity contribution in [1.82, 2.24) is 30.8 Å². The molecule has 0 aliphatic carbocycles. The van der Waals surface area contributed by atoms with Crippen molar-refractivity contribution in [2.75, 3.05) is 0 Å².